The van der Waals surface area contributed by atoms with Gasteiger partial charge in [-0.2, -0.15) is 13.2 Å². The fourth-order valence-electron chi connectivity index (χ4n) is 7.92. The molecule has 306 valence electrons. The first-order chi connectivity index (χ1) is 31.2. The summed E-state index contributed by atoms with van der Waals surface area (Å²) in [4.78, 5) is 28.9. The maximum atomic E-state index is 13.9. The minimum Gasteiger partial charge on any atom is -0.456 e. The fourth-order valence-corrected chi connectivity index (χ4v) is 7.92. The molecule has 0 saturated carbocycles. The van der Waals surface area contributed by atoms with Gasteiger partial charge in [0.15, 0.2) is 23.3 Å². The molecule has 7 aromatic carbocycles. The van der Waals surface area contributed by atoms with Crippen molar-refractivity contribution in [1.29, 1.82) is 0 Å². The van der Waals surface area contributed by atoms with Crippen LogP contribution in [0, 0.1) is 5.82 Å². The Hall–Kier alpha value is -8.44. The number of fused-ring (bicyclic) bond motifs is 5. The monoisotopic (exact) mass is 842 g/mol. The molecule has 0 saturated heterocycles. The van der Waals surface area contributed by atoms with Crippen molar-refractivity contribution < 1.29 is 22.0 Å². The van der Waals surface area contributed by atoms with Gasteiger partial charge < -0.3 is 4.42 Å². The lowest BCUT2D eigenvalue weighted by Crippen LogP contribution is -2.05. The van der Waals surface area contributed by atoms with Gasteiger partial charge in [0.05, 0.1) is 22.6 Å². The number of nitrogens with zero attached hydrogens (tertiary/aromatic N) is 6. The Balaban J connectivity index is 1.000. The molecule has 4 heterocycles. The van der Waals surface area contributed by atoms with E-state index in [0.29, 0.717) is 39.6 Å². The van der Waals surface area contributed by atoms with E-state index < -0.39 is 17.6 Å². The van der Waals surface area contributed by atoms with Gasteiger partial charge in [0.2, 0.25) is 0 Å². The van der Waals surface area contributed by atoms with Gasteiger partial charge in [0.25, 0.3) is 0 Å². The van der Waals surface area contributed by atoms with Gasteiger partial charge in [0, 0.05) is 44.8 Å². The summed E-state index contributed by atoms with van der Waals surface area (Å²) in [6.07, 6.45) is -2.76. The van der Waals surface area contributed by atoms with Crippen molar-refractivity contribution in [3.63, 3.8) is 0 Å². The molecule has 0 amide bonds. The summed E-state index contributed by atoms with van der Waals surface area (Å²) in [6, 6.07) is 52.0. The molecule has 0 aliphatic carbocycles. The van der Waals surface area contributed by atoms with Crippen LogP contribution in [0.25, 0.3) is 112 Å². The molecule has 0 aliphatic rings. The summed E-state index contributed by atoms with van der Waals surface area (Å²) < 4.78 is 60.5. The van der Waals surface area contributed by atoms with Crippen LogP contribution in [0.5, 0.6) is 0 Å². The zero-order valence-electron chi connectivity index (χ0n) is 33.4. The van der Waals surface area contributed by atoms with Gasteiger partial charge in [-0.05, 0) is 113 Å². The van der Waals surface area contributed by atoms with Crippen molar-refractivity contribution in [2.75, 3.05) is 0 Å². The topological polar surface area (TPSA) is 90.5 Å². The highest BCUT2D eigenvalue weighted by Crippen LogP contribution is 2.38. The first-order valence-corrected chi connectivity index (χ1v) is 20.3. The van der Waals surface area contributed by atoms with E-state index in [9.17, 15) is 17.6 Å². The predicted octanol–water partition coefficient (Wildman–Crippen LogP) is 13.9. The molecule has 0 spiro atoms. The quantitative estimate of drug-likeness (QED) is 0.148. The molecule has 0 aliphatic heterocycles. The Labute approximate surface area is 362 Å². The third-order valence-electron chi connectivity index (χ3n) is 11.1. The Kier molecular flexibility index (Phi) is 9.31. The Morgan fingerprint density at radius 2 is 0.969 bits per heavy atom. The van der Waals surface area contributed by atoms with Crippen LogP contribution >= 0.6 is 0 Å². The normalized spacial score (nSPS) is 11.8. The molecule has 0 radical (unpaired) electrons. The van der Waals surface area contributed by atoms with Crippen LogP contribution in [-0.4, -0.2) is 29.9 Å². The van der Waals surface area contributed by atoms with Crippen molar-refractivity contribution in [2.24, 2.45) is 0 Å². The van der Waals surface area contributed by atoms with Crippen molar-refractivity contribution in [1.82, 2.24) is 29.9 Å². The molecule has 11 rings (SSSR count). The molecule has 11 heteroatoms. The van der Waals surface area contributed by atoms with Crippen molar-refractivity contribution in [2.45, 2.75) is 6.18 Å². The minimum absolute atomic E-state index is 0.169. The second-order valence-electron chi connectivity index (χ2n) is 15.2. The number of benzene rings is 7. The van der Waals surface area contributed by atoms with E-state index in [1.165, 1.54) is 24.3 Å². The number of furan rings is 1. The molecule has 7 nitrogen and oxygen atoms in total. The molecule has 0 bridgehead atoms. The number of rotatable bonds is 7. The highest BCUT2D eigenvalue weighted by molar-refractivity contribution is 6.19. The fraction of sp³-hybridized carbons (Fsp3) is 0.0189. The Morgan fingerprint density at radius 3 is 1.69 bits per heavy atom. The van der Waals surface area contributed by atoms with Gasteiger partial charge in [-0.1, -0.05) is 84.9 Å². The number of alkyl halides is 3. The summed E-state index contributed by atoms with van der Waals surface area (Å²) in [5, 5.41) is 4.22. The maximum absolute atomic E-state index is 13.9. The zero-order chi connectivity index (χ0) is 43.4. The second kappa shape index (κ2) is 15.5. The highest BCUT2D eigenvalue weighted by Gasteiger charge is 2.30. The average Bonchev–Trinajstić information content (AvgIpc) is 3.73. The van der Waals surface area contributed by atoms with Crippen LogP contribution in [-0.2, 0) is 6.18 Å². The lowest BCUT2D eigenvalue weighted by atomic mass is 9.99. The highest BCUT2D eigenvalue weighted by atomic mass is 19.4. The maximum Gasteiger partial charge on any atom is 0.416 e. The van der Waals surface area contributed by atoms with E-state index >= 15 is 0 Å². The molecular weight excluding hydrogens is 813 g/mol. The van der Waals surface area contributed by atoms with Crippen LogP contribution in [0.2, 0.25) is 0 Å². The van der Waals surface area contributed by atoms with Crippen molar-refractivity contribution >= 4 is 32.7 Å². The van der Waals surface area contributed by atoms with E-state index in [0.717, 1.165) is 67.1 Å². The number of hydrogen-bond acceptors (Lipinski definition) is 7. The summed E-state index contributed by atoms with van der Waals surface area (Å²) in [7, 11) is 0. The number of aromatic nitrogens is 6. The molecule has 11 aromatic rings. The smallest absolute Gasteiger partial charge is 0.416 e. The van der Waals surface area contributed by atoms with Crippen molar-refractivity contribution in [3.05, 3.63) is 194 Å². The minimum atomic E-state index is -4.50. The largest absolute Gasteiger partial charge is 0.456 e. The van der Waals surface area contributed by atoms with Crippen molar-refractivity contribution in [3.8, 4) is 79.3 Å². The van der Waals surface area contributed by atoms with Crippen LogP contribution in [0.4, 0.5) is 17.6 Å². The van der Waals surface area contributed by atoms with Crippen LogP contribution in [0.3, 0.4) is 0 Å². The van der Waals surface area contributed by atoms with E-state index in [-0.39, 0.29) is 17.5 Å². The van der Waals surface area contributed by atoms with Crippen LogP contribution < -0.4 is 0 Å². The van der Waals surface area contributed by atoms with Crippen LogP contribution in [0.1, 0.15) is 5.56 Å². The van der Waals surface area contributed by atoms with E-state index in [4.69, 9.17) is 24.4 Å². The van der Waals surface area contributed by atoms with Gasteiger partial charge in [-0.15, -0.1) is 0 Å². The zero-order valence-corrected chi connectivity index (χ0v) is 33.4. The average molecular weight is 843 g/mol. The summed E-state index contributed by atoms with van der Waals surface area (Å²) >= 11 is 0. The molecule has 0 fully saturated rings. The number of pyridine rings is 1. The van der Waals surface area contributed by atoms with Crippen LogP contribution in [0.15, 0.2) is 187 Å². The molecule has 0 N–H and O–H groups in total. The molecule has 64 heavy (non-hydrogen) atoms. The van der Waals surface area contributed by atoms with Gasteiger partial charge >= 0.3 is 6.18 Å². The summed E-state index contributed by atoms with van der Waals surface area (Å²) in [5.74, 6) is 0.794. The standard InChI is InChI=1S/C53H30F4N6O/c54-40-22-16-33(17-23-40)50-61-49(32-14-20-39(21-15-32)53(55,56)57)62-52(63-50)37-11-6-9-35(28-37)34-8-5-10-36(27-34)44-30-45(43-13-3-4-26-58-43)60-51(59-44)38-19-24-46-42(29-38)48-41-12-2-1-7-31(41)18-25-47(48)64-46/h1-30H. The molecule has 0 atom stereocenters. The number of hydrogen-bond donors (Lipinski definition) is 0. The van der Waals surface area contributed by atoms with E-state index in [2.05, 4.69) is 40.3 Å². The third-order valence-corrected chi connectivity index (χ3v) is 11.1. The first kappa shape index (κ1) is 38.5. The third kappa shape index (κ3) is 7.28. The number of halogens is 4. The van der Waals surface area contributed by atoms with Gasteiger partial charge in [0.1, 0.15) is 17.0 Å². The lowest BCUT2D eigenvalue weighted by molar-refractivity contribution is -0.137. The summed E-state index contributed by atoms with van der Waals surface area (Å²) in [5.41, 5.74) is 7.74. The molecule has 4 aromatic heterocycles. The van der Waals surface area contributed by atoms with E-state index in [1.807, 2.05) is 97.1 Å². The second-order valence-corrected chi connectivity index (χ2v) is 15.2. The van der Waals surface area contributed by atoms with Gasteiger partial charge in [-0.25, -0.2) is 29.3 Å². The van der Waals surface area contributed by atoms with Gasteiger partial charge in [-0.3, -0.25) is 4.98 Å². The molecule has 0 unspecified atom stereocenters. The Bertz CT molecular complexity index is 3560. The lowest BCUT2D eigenvalue weighted by Gasteiger charge is -2.12. The SMILES string of the molecule is Fc1ccc(-c2nc(-c3ccc(C(F)(F)F)cc3)nc(-c3cccc(-c4cccc(-c5cc(-c6ccccn6)nc(-c6ccc7oc8ccc9ccccc9c8c7c6)n5)c4)c3)n2)cc1. The Morgan fingerprint density at radius 1 is 0.391 bits per heavy atom. The molecular formula is C53H30F4N6O. The summed E-state index contributed by atoms with van der Waals surface area (Å²) in [6.45, 7) is 0. The predicted molar refractivity (Wildman–Crippen MR) is 241 cm³/mol. The van der Waals surface area contributed by atoms with E-state index in [1.54, 1.807) is 18.3 Å². The first-order valence-electron chi connectivity index (χ1n) is 20.3.